The molecule has 0 spiro atoms. The Kier molecular flexibility index (Phi) is 4.08. The molecular weight excluding hydrogens is 238 g/mol. The van der Waals surface area contributed by atoms with Gasteiger partial charge in [-0.25, -0.2) is 0 Å². The molecule has 1 amide bonds. The van der Waals surface area contributed by atoms with Gasteiger partial charge in [0.15, 0.2) is 0 Å². The quantitative estimate of drug-likeness (QED) is 0.907. The predicted octanol–water partition coefficient (Wildman–Crippen LogP) is 2.25. The summed E-state index contributed by atoms with van der Waals surface area (Å²) in [4.78, 5) is 18.4. The highest BCUT2D eigenvalue weighted by molar-refractivity contribution is 5.78. The number of nitrogens with zero attached hydrogens (tertiary/aromatic N) is 2. The summed E-state index contributed by atoms with van der Waals surface area (Å²) >= 11 is 0. The number of nitrogens with two attached hydrogens (primary N) is 1. The van der Waals surface area contributed by atoms with Crippen molar-refractivity contribution in [3.63, 3.8) is 0 Å². The average Bonchev–Trinajstić information content (AvgIpc) is 2.42. The minimum atomic E-state index is 0.176. The van der Waals surface area contributed by atoms with Crippen molar-refractivity contribution in [2.75, 3.05) is 18.8 Å². The molecular formula is C15H23N3O. The molecule has 1 fully saturated rings. The summed E-state index contributed by atoms with van der Waals surface area (Å²) in [7, 11) is 0. The van der Waals surface area contributed by atoms with Crippen molar-refractivity contribution in [1.82, 2.24) is 9.88 Å². The number of carbonyl (C=O) groups is 1. The first-order valence-electron chi connectivity index (χ1n) is 7.00. The zero-order chi connectivity index (χ0) is 13.9. The molecule has 0 atom stereocenters. The van der Waals surface area contributed by atoms with Gasteiger partial charge in [0.05, 0.1) is 18.3 Å². The van der Waals surface area contributed by atoms with E-state index >= 15 is 0 Å². The molecule has 1 saturated heterocycles. The van der Waals surface area contributed by atoms with E-state index < -0.39 is 0 Å². The van der Waals surface area contributed by atoms with Crippen LogP contribution in [0.15, 0.2) is 18.3 Å². The maximum Gasteiger partial charge on any atom is 0.228 e. The molecule has 4 nitrogen and oxygen atoms in total. The molecule has 2 heterocycles. The Labute approximate surface area is 115 Å². The van der Waals surface area contributed by atoms with Crippen molar-refractivity contribution in [1.29, 1.82) is 0 Å². The normalized spacial score (nSPS) is 18.3. The Hall–Kier alpha value is -1.58. The summed E-state index contributed by atoms with van der Waals surface area (Å²) in [6, 6.07) is 3.62. The van der Waals surface area contributed by atoms with Crippen molar-refractivity contribution >= 4 is 11.6 Å². The van der Waals surface area contributed by atoms with Gasteiger partial charge in [-0.15, -0.1) is 0 Å². The van der Waals surface area contributed by atoms with Gasteiger partial charge >= 0.3 is 0 Å². The third-order valence-corrected chi connectivity index (χ3v) is 4.36. The van der Waals surface area contributed by atoms with Crippen LogP contribution in [0.25, 0.3) is 0 Å². The number of piperidine rings is 1. The molecule has 2 rings (SSSR count). The monoisotopic (exact) mass is 261 g/mol. The minimum Gasteiger partial charge on any atom is -0.397 e. The van der Waals surface area contributed by atoms with E-state index in [9.17, 15) is 4.79 Å². The smallest absolute Gasteiger partial charge is 0.228 e. The number of likely N-dealkylation sites (tertiary alicyclic amines) is 1. The van der Waals surface area contributed by atoms with Crippen LogP contribution in [-0.4, -0.2) is 28.9 Å². The zero-order valence-corrected chi connectivity index (χ0v) is 11.9. The van der Waals surface area contributed by atoms with Gasteiger partial charge in [0.1, 0.15) is 0 Å². The highest BCUT2D eigenvalue weighted by Gasteiger charge is 2.30. The van der Waals surface area contributed by atoms with Gasteiger partial charge in [-0.3, -0.25) is 9.78 Å². The summed E-state index contributed by atoms with van der Waals surface area (Å²) < 4.78 is 0. The number of pyridine rings is 1. The minimum absolute atomic E-state index is 0.176. The Morgan fingerprint density at radius 2 is 2.11 bits per heavy atom. The molecule has 0 saturated carbocycles. The van der Waals surface area contributed by atoms with Gasteiger partial charge in [-0.05, 0) is 30.4 Å². The van der Waals surface area contributed by atoms with Gasteiger partial charge in [-0.1, -0.05) is 20.3 Å². The maximum absolute atomic E-state index is 12.2. The fourth-order valence-electron chi connectivity index (χ4n) is 2.46. The highest BCUT2D eigenvalue weighted by Crippen LogP contribution is 2.33. The van der Waals surface area contributed by atoms with Gasteiger partial charge in [-0.2, -0.15) is 0 Å². The zero-order valence-electron chi connectivity index (χ0n) is 11.9. The fraction of sp³-hybridized carbons (Fsp3) is 0.600. The molecule has 19 heavy (non-hydrogen) atoms. The molecule has 0 aromatic carbocycles. The van der Waals surface area contributed by atoms with Crippen molar-refractivity contribution in [3.05, 3.63) is 24.0 Å². The first kappa shape index (κ1) is 13.8. The molecule has 1 aromatic rings. The van der Waals surface area contributed by atoms with Crippen LogP contribution in [0.1, 0.15) is 38.8 Å². The average molecular weight is 261 g/mol. The van der Waals surface area contributed by atoms with Crippen LogP contribution in [0.3, 0.4) is 0 Å². The molecule has 104 valence electrons. The van der Waals surface area contributed by atoms with Gasteiger partial charge in [0.2, 0.25) is 5.91 Å². The predicted molar refractivity (Wildman–Crippen MR) is 76.6 cm³/mol. The van der Waals surface area contributed by atoms with E-state index in [4.69, 9.17) is 5.73 Å². The molecule has 1 aromatic heterocycles. The summed E-state index contributed by atoms with van der Waals surface area (Å²) in [6.45, 7) is 6.29. The Bertz CT molecular complexity index is 433. The number of hydrogen-bond acceptors (Lipinski definition) is 3. The molecule has 0 aliphatic carbocycles. The van der Waals surface area contributed by atoms with Crippen molar-refractivity contribution < 1.29 is 4.79 Å². The number of amides is 1. The number of rotatable bonds is 3. The van der Waals surface area contributed by atoms with Gasteiger partial charge in [0, 0.05) is 18.8 Å². The number of nitrogen functional groups attached to an aromatic ring is 1. The topological polar surface area (TPSA) is 59.2 Å². The summed E-state index contributed by atoms with van der Waals surface area (Å²) in [6.07, 6.45) is 5.37. The highest BCUT2D eigenvalue weighted by atomic mass is 16.2. The SMILES string of the molecule is CCC1(C)CCN(C(=O)Cc2ccc(N)cn2)CC1. The van der Waals surface area contributed by atoms with Crippen LogP contribution in [-0.2, 0) is 11.2 Å². The lowest BCUT2D eigenvalue weighted by atomic mass is 9.78. The van der Waals surface area contributed by atoms with E-state index in [0.717, 1.165) is 31.6 Å². The van der Waals surface area contributed by atoms with E-state index in [2.05, 4.69) is 18.8 Å². The Morgan fingerprint density at radius 3 is 2.63 bits per heavy atom. The molecule has 0 unspecified atom stereocenters. The first-order valence-corrected chi connectivity index (χ1v) is 7.00. The van der Waals surface area contributed by atoms with Crippen LogP contribution in [0.5, 0.6) is 0 Å². The van der Waals surface area contributed by atoms with Crippen LogP contribution >= 0.6 is 0 Å². The van der Waals surface area contributed by atoms with Crippen LogP contribution in [0, 0.1) is 5.41 Å². The number of aromatic nitrogens is 1. The molecule has 0 bridgehead atoms. The van der Waals surface area contributed by atoms with E-state index in [1.165, 1.54) is 6.42 Å². The molecule has 4 heteroatoms. The molecule has 1 aliphatic rings. The van der Waals surface area contributed by atoms with E-state index in [0.29, 0.717) is 17.5 Å². The van der Waals surface area contributed by atoms with Gasteiger partial charge in [0.25, 0.3) is 0 Å². The van der Waals surface area contributed by atoms with E-state index in [1.807, 2.05) is 11.0 Å². The fourth-order valence-corrected chi connectivity index (χ4v) is 2.46. The van der Waals surface area contributed by atoms with Crippen molar-refractivity contribution in [3.8, 4) is 0 Å². The molecule has 0 radical (unpaired) electrons. The Morgan fingerprint density at radius 1 is 1.42 bits per heavy atom. The number of carbonyl (C=O) groups excluding carboxylic acids is 1. The van der Waals surface area contributed by atoms with Crippen LogP contribution < -0.4 is 5.73 Å². The summed E-state index contributed by atoms with van der Waals surface area (Å²) in [5.74, 6) is 0.176. The summed E-state index contributed by atoms with van der Waals surface area (Å²) in [5, 5.41) is 0. The second kappa shape index (κ2) is 5.59. The van der Waals surface area contributed by atoms with Crippen molar-refractivity contribution in [2.45, 2.75) is 39.5 Å². The third-order valence-electron chi connectivity index (χ3n) is 4.36. The molecule has 2 N–H and O–H groups in total. The van der Waals surface area contributed by atoms with E-state index in [-0.39, 0.29) is 5.91 Å². The van der Waals surface area contributed by atoms with Crippen LogP contribution in [0.4, 0.5) is 5.69 Å². The lowest BCUT2D eigenvalue weighted by Gasteiger charge is -2.38. The van der Waals surface area contributed by atoms with E-state index in [1.54, 1.807) is 12.3 Å². The Balaban J connectivity index is 1.89. The maximum atomic E-state index is 12.2. The lowest BCUT2D eigenvalue weighted by molar-refractivity contribution is -0.132. The summed E-state index contributed by atoms with van der Waals surface area (Å²) in [5.41, 5.74) is 7.43. The largest absolute Gasteiger partial charge is 0.397 e. The second-order valence-corrected chi connectivity index (χ2v) is 5.80. The lowest BCUT2D eigenvalue weighted by Crippen LogP contribution is -2.42. The van der Waals surface area contributed by atoms with Crippen LogP contribution in [0.2, 0.25) is 0 Å². The third kappa shape index (κ3) is 3.46. The molecule has 1 aliphatic heterocycles. The number of anilines is 1. The number of hydrogen-bond donors (Lipinski definition) is 1. The first-order chi connectivity index (χ1) is 9.02. The second-order valence-electron chi connectivity index (χ2n) is 5.80. The van der Waals surface area contributed by atoms with Crippen molar-refractivity contribution in [2.24, 2.45) is 5.41 Å². The van der Waals surface area contributed by atoms with Gasteiger partial charge < -0.3 is 10.6 Å². The standard InChI is InChI=1S/C15H23N3O/c1-3-15(2)6-8-18(9-7-15)14(19)10-13-5-4-12(16)11-17-13/h4-5,11H,3,6-10,16H2,1-2H3.